The van der Waals surface area contributed by atoms with Crippen LogP contribution in [0.4, 0.5) is 13.2 Å². The molecule has 1 aromatic heterocycles. The molecule has 1 N–H and O–H groups in total. The Bertz CT molecular complexity index is 1510. The minimum absolute atomic E-state index is 0.0198. The van der Waals surface area contributed by atoms with Crippen LogP contribution in [0.3, 0.4) is 0 Å². The Labute approximate surface area is 207 Å². The van der Waals surface area contributed by atoms with Gasteiger partial charge in [0.25, 0.3) is 0 Å². The Balaban J connectivity index is 1.96. The molecule has 0 fully saturated rings. The van der Waals surface area contributed by atoms with Gasteiger partial charge in [-0.05, 0) is 40.6 Å². The average Bonchev–Trinajstić information content (AvgIpc) is 3.36. The van der Waals surface area contributed by atoms with Crippen molar-refractivity contribution in [1.82, 2.24) is 4.57 Å². The summed E-state index contributed by atoms with van der Waals surface area (Å²) in [7, 11) is 0. The van der Waals surface area contributed by atoms with Crippen molar-refractivity contribution in [1.29, 1.82) is 0 Å². The Hall–Kier alpha value is -2.76. The predicted octanol–water partition coefficient (Wildman–Crippen LogP) is 3.66. The number of carbonyl (C=O) groups excluding carboxylic acids is 1. The summed E-state index contributed by atoms with van der Waals surface area (Å²) in [6, 6.07) is 8.40. The van der Waals surface area contributed by atoms with E-state index < -0.39 is 22.5 Å². The van der Waals surface area contributed by atoms with Crippen molar-refractivity contribution in [3.63, 3.8) is 0 Å². The highest BCUT2D eigenvalue weighted by Gasteiger charge is 2.34. The molecule has 0 saturated heterocycles. The van der Waals surface area contributed by atoms with Crippen LogP contribution in [0.2, 0.25) is 5.02 Å². The first-order valence-electron chi connectivity index (χ1n) is 9.69. The molecule has 176 valence electrons. The third-order valence-electron chi connectivity index (χ3n) is 5.11. The average molecular weight is 573 g/mol. The van der Waals surface area contributed by atoms with Crippen LogP contribution < -0.4 is 15.4 Å². The lowest BCUT2D eigenvalue weighted by atomic mass is 9.96. The Morgan fingerprint density at radius 3 is 2.68 bits per heavy atom. The van der Waals surface area contributed by atoms with Crippen LogP contribution in [0.5, 0.6) is 5.88 Å². The Morgan fingerprint density at radius 2 is 1.97 bits per heavy atom. The van der Waals surface area contributed by atoms with Gasteiger partial charge in [-0.3, -0.25) is 14.2 Å². The van der Waals surface area contributed by atoms with E-state index in [9.17, 15) is 27.9 Å². The number of Topliss-reactive ketones (excluding diaryl/α,β-unsaturated/α-hetero) is 1. The first kappa shape index (κ1) is 24.4. The second kappa shape index (κ2) is 9.47. The lowest BCUT2D eigenvalue weighted by Crippen LogP contribution is -2.19. The second-order valence-electron chi connectivity index (χ2n) is 7.35. The summed E-state index contributed by atoms with van der Waals surface area (Å²) in [4.78, 5) is 23.9. The minimum Gasteiger partial charge on any atom is -0.493 e. The number of rotatable bonds is 6. The molecule has 2 heterocycles. The van der Waals surface area contributed by atoms with Crippen LogP contribution in [-0.2, 0) is 23.9 Å². The summed E-state index contributed by atoms with van der Waals surface area (Å²) in [6.07, 6.45) is -3.43. The van der Waals surface area contributed by atoms with E-state index in [2.05, 4.69) is 26.1 Å². The van der Waals surface area contributed by atoms with E-state index in [1.54, 1.807) is 18.2 Å². The number of aromatic hydroxyl groups is 1. The number of fused-ring (bicyclic) bond motifs is 1. The molecule has 0 atom stereocenters. The topological polar surface area (TPSA) is 84.0 Å². The maximum absolute atomic E-state index is 13.8. The first-order chi connectivity index (χ1) is 16.1. The molecule has 4 rings (SSSR count). The van der Waals surface area contributed by atoms with Gasteiger partial charge in [-0.1, -0.05) is 51.0 Å². The van der Waals surface area contributed by atoms with Gasteiger partial charge in [0.1, 0.15) is 0 Å². The third kappa shape index (κ3) is 4.86. The Kier molecular flexibility index (Phi) is 6.79. The molecule has 6 nitrogen and oxygen atoms in total. The van der Waals surface area contributed by atoms with E-state index in [1.807, 2.05) is 0 Å². The fourth-order valence-corrected chi connectivity index (χ4v) is 4.81. The summed E-state index contributed by atoms with van der Waals surface area (Å²) in [5.74, 6) is -0.837. The van der Waals surface area contributed by atoms with Crippen molar-refractivity contribution in [2.24, 2.45) is 10.2 Å². The number of hydrogen-bond donors (Lipinski definition) is 1. The molecule has 0 aliphatic carbocycles. The number of halogens is 5. The zero-order valence-electron chi connectivity index (χ0n) is 17.1. The van der Waals surface area contributed by atoms with Crippen LogP contribution in [0.25, 0.3) is 5.57 Å². The van der Waals surface area contributed by atoms with E-state index in [0.29, 0.717) is 27.5 Å². The van der Waals surface area contributed by atoms with E-state index in [1.165, 1.54) is 18.3 Å². The van der Waals surface area contributed by atoms with Crippen LogP contribution in [0.1, 0.15) is 21.6 Å². The fourth-order valence-electron chi connectivity index (χ4n) is 3.51. The largest absolute Gasteiger partial charge is 0.493 e. The van der Waals surface area contributed by atoms with E-state index >= 15 is 0 Å². The number of aromatic nitrogens is 1. The molecular weight excluding hydrogens is 559 g/mol. The van der Waals surface area contributed by atoms with Crippen LogP contribution in [0.15, 0.2) is 51.4 Å². The van der Waals surface area contributed by atoms with Crippen molar-refractivity contribution < 1.29 is 23.1 Å². The number of benzene rings is 2. The monoisotopic (exact) mass is 571 g/mol. The summed E-state index contributed by atoms with van der Waals surface area (Å²) in [5, 5.41) is 19.6. The van der Waals surface area contributed by atoms with Crippen molar-refractivity contribution in [2.75, 3.05) is 5.33 Å². The zero-order chi connectivity index (χ0) is 24.6. The number of carbonyl (C=O) groups is 1. The maximum Gasteiger partial charge on any atom is 0.416 e. The van der Waals surface area contributed by atoms with Crippen LogP contribution in [0, 0.1) is 0 Å². The fraction of sp³-hybridized carbons (Fsp3) is 0.182. The summed E-state index contributed by atoms with van der Waals surface area (Å²) in [5.41, 5.74) is -0.0894. The van der Waals surface area contributed by atoms with Gasteiger partial charge in [0.15, 0.2) is 5.78 Å². The highest BCUT2D eigenvalue weighted by atomic mass is 79.9. The molecule has 2 aromatic carbocycles. The van der Waals surface area contributed by atoms with E-state index in [4.69, 9.17) is 11.6 Å². The van der Waals surface area contributed by atoms with Gasteiger partial charge in [-0.2, -0.15) is 23.4 Å². The molecule has 0 saturated carbocycles. The number of nitrogens with zero attached hydrogens (tertiary/aromatic N) is 3. The molecule has 34 heavy (non-hydrogen) atoms. The molecule has 0 unspecified atom stereocenters. The number of hydrogen-bond acceptors (Lipinski definition) is 6. The van der Waals surface area contributed by atoms with Crippen molar-refractivity contribution >= 4 is 56.4 Å². The van der Waals surface area contributed by atoms with E-state index in [0.717, 1.165) is 10.6 Å². The van der Waals surface area contributed by atoms with Gasteiger partial charge in [-0.15, -0.1) is 0 Å². The standard InChI is InChI=1S/C22H14BrClF3N3O3S/c23-8-15(31)10-30-20(32)19(34-21(30)33)16(11-2-4-18-13(5-11)9-28-29-18)6-12-1-3-14(24)7-17(12)22(25,26)27/h1-5,7,9,32H,6,8,10H2. The number of thiazole rings is 1. The Morgan fingerprint density at radius 1 is 1.21 bits per heavy atom. The maximum atomic E-state index is 13.8. The molecule has 0 spiro atoms. The van der Waals surface area contributed by atoms with Crippen molar-refractivity contribution in [2.45, 2.75) is 19.1 Å². The molecule has 1 aliphatic rings. The van der Waals surface area contributed by atoms with Gasteiger partial charge in [-0.25, -0.2) is 0 Å². The molecule has 0 bridgehead atoms. The van der Waals surface area contributed by atoms with Gasteiger partial charge in [0.05, 0.1) is 33.9 Å². The lowest BCUT2D eigenvalue weighted by Gasteiger charge is -2.15. The zero-order valence-corrected chi connectivity index (χ0v) is 20.2. The molecule has 0 amide bonds. The molecule has 1 aliphatic heterocycles. The summed E-state index contributed by atoms with van der Waals surface area (Å²) in [6.45, 7) is -0.371. The SMILES string of the molecule is O=C(CBr)Cn1c(O)c(C(Cc2ccc(Cl)cc2C(F)(F)F)=c2ccc3c(c2)C=NN=3)sc1=O. The highest BCUT2D eigenvalue weighted by molar-refractivity contribution is 9.09. The predicted molar refractivity (Wildman–Crippen MR) is 127 cm³/mol. The number of alkyl halides is 4. The van der Waals surface area contributed by atoms with Crippen LogP contribution in [-0.4, -0.2) is 27.0 Å². The summed E-state index contributed by atoms with van der Waals surface area (Å²) < 4.78 is 42.2. The lowest BCUT2D eigenvalue weighted by molar-refractivity contribution is -0.138. The van der Waals surface area contributed by atoms with Crippen molar-refractivity contribution in [3.05, 3.63) is 83.2 Å². The molecular formula is C22H14BrClF3N3O3S. The van der Waals surface area contributed by atoms with Gasteiger partial charge >= 0.3 is 11.0 Å². The number of ketones is 1. The smallest absolute Gasteiger partial charge is 0.416 e. The quantitative estimate of drug-likeness (QED) is 0.458. The summed E-state index contributed by atoms with van der Waals surface area (Å²) >= 11 is 9.48. The highest BCUT2D eigenvalue weighted by Crippen LogP contribution is 2.37. The second-order valence-corrected chi connectivity index (χ2v) is 9.31. The van der Waals surface area contributed by atoms with E-state index in [-0.39, 0.29) is 45.1 Å². The molecule has 3 aromatic rings. The minimum atomic E-state index is -4.67. The van der Waals surface area contributed by atoms with Gasteiger partial charge in [0, 0.05) is 17.0 Å². The first-order valence-corrected chi connectivity index (χ1v) is 12.0. The molecule has 12 heteroatoms. The third-order valence-corrected chi connectivity index (χ3v) is 7.00. The van der Waals surface area contributed by atoms with Crippen LogP contribution >= 0.6 is 38.9 Å². The normalized spacial score (nSPS) is 13.6. The van der Waals surface area contributed by atoms with Crippen molar-refractivity contribution in [3.8, 4) is 5.88 Å². The van der Waals surface area contributed by atoms with Gasteiger partial charge in [0.2, 0.25) is 5.88 Å². The van der Waals surface area contributed by atoms with Gasteiger partial charge < -0.3 is 5.11 Å². The molecule has 0 radical (unpaired) electrons.